The SMILES string of the molecule is CCCCCCCCCCCCCCCCCC(=O)C(=O)CCCCCCCCCCCCCCCCCC(N)CN. The Morgan fingerprint density at radius 1 is 0.405 bits per heavy atom. The minimum atomic E-state index is -0.115. The van der Waals surface area contributed by atoms with E-state index in [4.69, 9.17) is 11.5 Å². The fraction of sp³-hybridized carbons (Fsp3) is 0.947. The summed E-state index contributed by atoms with van der Waals surface area (Å²) in [5, 5.41) is 0. The van der Waals surface area contributed by atoms with Crippen molar-refractivity contribution in [3.05, 3.63) is 0 Å². The molecular formula is C38H76N2O2. The summed E-state index contributed by atoms with van der Waals surface area (Å²) in [6, 6.07) is 0.197. The maximum Gasteiger partial charge on any atom is 0.198 e. The van der Waals surface area contributed by atoms with Gasteiger partial charge in [0.25, 0.3) is 0 Å². The molecule has 0 aliphatic carbocycles. The number of carbonyl (C=O) groups is 2. The Labute approximate surface area is 263 Å². The molecule has 0 radical (unpaired) electrons. The van der Waals surface area contributed by atoms with Gasteiger partial charge in [0.15, 0.2) is 11.6 Å². The van der Waals surface area contributed by atoms with Gasteiger partial charge in [-0.3, -0.25) is 9.59 Å². The number of hydrogen-bond donors (Lipinski definition) is 2. The van der Waals surface area contributed by atoms with E-state index in [9.17, 15) is 9.59 Å². The normalized spacial score (nSPS) is 12.2. The third kappa shape index (κ3) is 32.2. The third-order valence-corrected chi connectivity index (χ3v) is 9.10. The molecule has 0 saturated heterocycles. The molecule has 0 fully saturated rings. The number of carbonyl (C=O) groups excluding carboxylic acids is 2. The van der Waals surface area contributed by atoms with E-state index in [1.165, 1.54) is 167 Å². The second-order valence-corrected chi connectivity index (χ2v) is 13.4. The lowest BCUT2D eigenvalue weighted by molar-refractivity contribution is -0.136. The first-order chi connectivity index (χ1) is 20.6. The van der Waals surface area contributed by atoms with E-state index in [2.05, 4.69) is 6.92 Å². The average Bonchev–Trinajstić information content (AvgIpc) is 3.00. The van der Waals surface area contributed by atoms with Gasteiger partial charge in [0, 0.05) is 25.4 Å². The highest BCUT2D eigenvalue weighted by Gasteiger charge is 2.12. The quantitative estimate of drug-likeness (QED) is 0.0559. The van der Waals surface area contributed by atoms with Gasteiger partial charge in [-0.1, -0.05) is 187 Å². The Hall–Kier alpha value is -0.740. The number of nitrogens with two attached hydrogens (primary N) is 2. The summed E-state index contributed by atoms with van der Waals surface area (Å²) in [4.78, 5) is 24.3. The Morgan fingerprint density at radius 2 is 0.643 bits per heavy atom. The van der Waals surface area contributed by atoms with Crippen LogP contribution in [0, 0.1) is 0 Å². The van der Waals surface area contributed by atoms with Crippen LogP contribution in [0.1, 0.15) is 219 Å². The molecule has 0 saturated carbocycles. The molecule has 0 aliphatic rings. The smallest absolute Gasteiger partial charge is 0.198 e. The minimum Gasteiger partial charge on any atom is -0.329 e. The maximum absolute atomic E-state index is 12.1. The van der Waals surface area contributed by atoms with Gasteiger partial charge in [0.1, 0.15) is 0 Å². The molecule has 0 aromatic heterocycles. The van der Waals surface area contributed by atoms with Crippen LogP contribution in [0.2, 0.25) is 0 Å². The van der Waals surface area contributed by atoms with Crippen LogP contribution in [0.15, 0.2) is 0 Å². The van der Waals surface area contributed by atoms with Gasteiger partial charge < -0.3 is 11.5 Å². The molecule has 0 aliphatic heterocycles. The highest BCUT2D eigenvalue weighted by atomic mass is 16.2. The van der Waals surface area contributed by atoms with Crippen molar-refractivity contribution in [3.8, 4) is 0 Å². The molecule has 4 heteroatoms. The van der Waals surface area contributed by atoms with E-state index in [1.54, 1.807) is 0 Å². The zero-order valence-corrected chi connectivity index (χ0v) is 28.6. The summed E-state index contributed by atoms with van der Waals surface area (Å²) >= 11 is 0. The lowest BCUT2D eigenvalue weighted by Gasteiger charge is -2.07. The predicted molar refractivity (Wildman–Crippen MR) is 185 cm³/mol. The second kappa shape index (κ2) is 34.7. The van der Waals surface area contributed by atoms with Crippen molar-refractivity contribution in [2.24, 2.45) is 11.5 Å². The van der Waals surface area contributed by atoms with Crippen LogP contribution < -0.4 is 11.5 Å². The van der Waals surface area contributed by atoms with Crippen molar-refractivity contribution in [3.63, 3.8) is 0 Å². The van der Waals surface area contributed by atoms with Crippen molar-refractivity contribution in [2.75, 3.05) is 6.54 Å². The fourth-order valence-electron chi connectivity index (χ4n) is 6.04. The third-order valence-electron chi connectivity index (χ3n) is 9.10. The molecule has 0 spiro atoms. The molecule has 0 rings (SSSR count). The number of hydrogen-bond acceptors (Lipinski definition) is 4. The monoisotopic (exact) mass is 593 g/mol. The molecule has 1 atom stereocenters. The first kappa shape index (κ1) is 41.3. The molecule has 0 bridgehead atoms. The summed E-state index contributed by atoms with van der Waals surface area (Å²) in [5.41, 5.74) is 11.4. The number of unbranched alkanes of at least 4 members (excludes halogenated alkanes) is 28. The Kier molecular flexibility index (Phi) is 34.1. The molecule has 0 heterocycles. The zero-order valence-electron chi connectivity index (χ0n) is 28.6. The van der Waals surface area contributed by atoms with Gasteiger partial charge in [-0.2, -0.15) is 0 Å². The van der Waals surface area contributed by atoms with Gasteiger partial charge >= 0.3 is 0 Å². The number of ketones is 2. The first-order valence-electron chi connectivity index (χ1n) is 19.1. The van der Waals surface area contributed by atoms with Crippen molar-refractivity contribution < 1.29 is 9.59 Å². The summed E-state index contributed by atoms with van der Waals surface area (Å²) < 4.78 is 0. The molecule has 0 aromatic carbocycles. The van der Waals surface area contributed by atoms with Gasteiger partial charge in [0.2, 0.25) is 0 Å². The average molecular weight is 593 g/mol. The predicted octanol–water partition coefficient (Wildman–Crippen LogP) is 11.3. The van der Waals surface area contributed by atoms with E-state index < -0.39 is 0 Å². The zero-order chi connectivity index (χ0) is 30.8. The van der Waals surface area contributed by atoms with Crippen LogP contribution in [0.3, 0.4) is 0 Å². The highest BCUT2D eigenvalue weighted by molar-refractivity contribution is 6.37. The van der Waals surface area contributed by atoms with Gasteiger partial charge in [-0.05, 0) is 19.3 Å². The standard InChI is InChI=1S/C38H76N2O2/c1-2-3-4-5-6-7-8-9-11-15-18-21-24-27-30-33-37(41)38(42)34-31-28-25-22-19-16-13-10-12-14-17-20-23-26-29-32-36(40)35-39/h36H,2-35,39-40H2,1H3. The minimum absolute atomic E-state index is 0.114. The van der Waals surface area contributed by atoms with Crippen LogP contribution in [0.5, 0.6) is 0 Å². The summed E-state index contributed by atoms with van der Waals surface area (Å²) in [7, 11) is 0. The Balaban J connectivity index is 3.28. The molecule has 42 heavy (non-hydrogen) atoms. The van der Waals surface area contributed by atoms with Crippen LogP contribution in [0.4, 0.5) is 0 Å². The van der Waals surface area contributed by atoms with Crippen LogP contribution in [-0.2, 0) is 9.59 Å². The molecule has 0 aromatic rings. The van der Waals surface area contributed by atoms with Crippen molar-refractivity contribution in [1.29, 1.82) is 0 Å². The molecule has 4 N–H and O–H groups in total. The number of Topliss-reactive ketones (excluding diaryl/α,β-unsaturated/α-hetero) is 2. The van der Waals surface area contributed by atoms with Crippen LogP contribution in [0.25, 0.3) is 0 Å². The van der Waals surface area contributed by atoms with Gasteiger partial charge in [0.05, 0.1) is 0 Å². The van der Waals surface area contributed by atoms with Gasteiger partial charge in [-0.25, -0.2) is 0 Å². The Bertz CT molecular complexity index is 565. The fourth-order valence-corrected chi connectivity index (χ4v) is 6.04. The van der Waals surface area contributed by atoms with Crippen LogP contribution in [-0.4, -0.2) is 24.2 Å². The summed E-state index contributed by atoms with van der Waals surface area (Å²) in [6.07, 6.45) is 41.1. The second-order valence-electron chi connectivity index (χ2n) is 13.4. The Morgan fingerprint density at radius 3 is 0.905 bits per heavy atom. The first-order valence-corrected chi connectivity index (χ1v) is 19.1. The van der Waals surface area contributed by atoms with E-state index in [0.29, 0.717) is 19.4 Å². The van der Waals surface area contributed by atoms with Crippen molar-refractivity contribution in [1.82, 2.24) is 0 Å². The molecule has 4 nitrogen and oxygen atoms in total. The van der Waals surface area contributed by atoms with E-state index in [0.717, 1.165) is 32.1 Å². The van der Waals surface area contributed by atoms with Crippen LogP contribution >= 0.6 is 0 Å². The maximum atomic E-state index is 12.1. The lowest BCUT2D eigenvalue weighted by atomic mass is 10.0. The molecule has 1 unspecified atom stereocenters. The molecule has 0 amide bonds. The van der Waals surface area contributed by atoms with Crippen molar-refractivity contribution in [2.45, 2.75) is 225 Å². The summed E-state index contributed by atoms with van der Waals surface area (Å²) in [6.45, 7) is 2.89. The number of rotatable bonds is 36. The van der Waals surface area contributed by atoms with E-state index >= 15 is 0 Å². The van der Waals surface area contributed by atoms with Gasteiger partial charge in [-0.15, -0.1) is 0 Å². The van der Waals surface area contributed by atoms with E-state index in [1.807, 2.05) is 0 Å². The molecule has 250 valence electrons. The highest BCUT2D eigenvalue weighted by Crippen LogP contribution is 2.16. The molecular weight excluding hydrogens is 516 g/mol. The van der Waals surface area contributed by atoms with Crippen molar-refractivity contribution >= 4 is 11.6 Å². The lowest BCUT2D eigenvalue weighted by Crippen LogP contribution is -2.29. The van der Waals surface area contributed by atoms with E-state index in [-0.39, 0.29) is 17.6 Å². The topological polar surface area (TPSA) is 86.2 Å². The largest absolute Gasteiger partial charge is 0.329 e. The summed E-state index contributed by atoms with van der Waals surface area (Å²) in [5.74, 6) is -0.229.